The summed E-state index contributed by atoms with van der Waals surface area (Å²) in [7, 11) is 0. The van der Waals surface area contributed by atoms with Gasteiger partial charge in [-0.1, -0.05) is 0 Å². The number of hydrogen-bond donors (Lipinski definition) is 2. The minimum absolute atomic E-state index is 0.0464. The lowest BCUT2D eigenvalue weighted by molar-refractivity contribution is 0.0928. The zero-order chi connectivity index (χ0) is 17.5. The monoisotopic (exact) mass is 370 g/mol. The topological polar surface area (TPSA) is 59.6 Å². The summed E-state index contributed by atoms with van der Waals surface area (Å²) in [6.45, 7) is 1.17. The molecule has 5 nitrogen and oxygen atoms in total. The van der Waals surface area contributed by atoms with E-state index < -0.39 is 0 Å². The number of amides is 1. The van der Waals surface area contributed by atoms with Gasteiger partial charge in [0.1, 0.15) is 13.2 Å². The number of benzene rings is 1. The van der Waals surface area contributed by atoms with Crippen LogP contribution in [-0.4, -0.2) is 37.2 Å². The number of nitrogens with one attached hydrogen (secondary N) is 2. The molecule has 1 amide bonds. The van der Waals surface area contributed by atoms with Crippen molar-refractivity contribution in [3.63, 3.8) is 0 Å². The third kappa shape index (κ3) is 3.08. The predicted molar refractivity (Wildman–Crippen MR) is 101 cm³/mol. The SMILES string of the molecule is O=C(NC1CC2CCC(C1)N2)c1ccc(-c2ccc3c(c2)OCCO3)s1. The highest BCUT2D eigenvalue weighted by atomic mass is 32.1. The lowest BCUT2D eigenvalue weighted by Gasteiger charge is -2.29. The van der Waals surface area contributed by atoms with Crippen LogP contribution < -0.4 is 20.1 Å². The summed E-state index contributed by atoms with van der Waals surface area (Å²) < 4.78 is 11.2. The third-order valence-corrected chi connectivity index (χ3v) is 6.60. The van der Waals surface area contributed by atoms with Crippen LogP contribution in [0.3, 0.4) is 0 Å². The van der Waals surface area contributed by atoms with Crippen molar-refractivity contribution in [2.45, 2.75) is 43.8 Å². The van der Waals surface area contributed by atoms with Gasteiger partial charge in [0.25, 0.3) is 5.91 Å². The maximum Gasteiger partial charge on any atom is 0.261 e. The molecule has 26 heavy (non-hydrogen) atoms. The Morgan fingerprint density at radius 3 is 2.62 bits per heavy atom. The van der Waals surface area contributed by atoms with Crippen LogP contribution >= 0.6 is 11.3 Å². The van der Waals surface area contributed by atoms with E-state index in [1.54, 1.807) is 0 Å². The van der Waals surface area contributed by atoms with Gasteiger partial charge in [-0.25, -0.2) is 0 Å². The van der Waals surface area contributed by atoms with Crippen LogP contribution in [-0.2, 0) is 0 Å². The van der Waals surface area contributed by atoms with Crippen molar-refractivity contribution >= 4 is 17.2 Å². The van der Waals surface area contributed by atoms with Gasteiger partial charge in [0, 0.05) is 23.0 Å². The first-order valence-electron chi connectivity index (χ1n) is 9.31. The van der Waals surface area contributed by atoms with Crippen LogP contribution in [0, 0.1) is 0 Å². The molecule has 1 aromatic carbocycles. The van der Waals surface area contributed by atoms with Gasteiger partial charge >= 0.3 is 0 Å². The zero-order valence-electron chi connectivity index (χ0n) is 14.5. The fraction of sp³-hybridized carbons (Fsp3) is 0.450. The number of ether oxygens (including phenoxy) is 2. The van der Waals surface area contributed by atoms with E-state index in [1.807, 2.05) is 30.3 Å². The normalized spacial score (nSPS) is 26.5. The molecular weight excluding hydrogens is 348 g/mol. The van der Waals surface area contributed by atoms with Gasteiger partial charge in [0.15, 0.2) is 11.5 Å². The lowest BCUT2D eigenvalue weighted by Crippen LogP contribution is -2.47. The molecule has 2 atom stereocenters. The van der Waals surface area contributed by atoms with Crippen LogP contribution in [0.1, 0.15) is 35.4 Å². The molecule has 0 radical (unpaired) electrons. The molecule has 3 aliphatic heterocycles. The summed E-state index contributed by atoms with van der Waals surface area (Å²) in [4.78, 5) is 14.5. The quantitative estimate of drug-likeness (QED) is 0.871. The van der Waals surface area contributed by atoms with Crippen LogP contribution in [0.5, 0.6) is 11.5 Å². The first-order chi connectivity index (χ1) is 12.7. The Labute approximate surface area is 156 Å². The number of hydrogen-bond acceptors (Lipinski definition) is 5. The molecule has 3 aliphatic rings. The van der Waals surface area contributed by atoms with Crippen LogP contribution in [0.2, 0.25) is 0 Å². The molecule has 0 aliphatic carbocycles. The molecule has 0 saturated carbocycles. The van der Waals surface area contributed by atoms with Gasteiger partial charge in [-0.2, -0.15) is 0 Å². The second-order valence-corrected chi connectivity index (χ2v) is 8.39. The zero-order valence-corrected chi connectivity index (χ0v) is 15.3. The van der Waals surface area contributed by atoms with E-state index >= 15 is 0 Å². The Kier molecular flexibility index (Phi) is 4.10. The van der Waals surface area contributed by atoms with Crippen molar-refractivity contribution in [3.8, 4) is 21.9 Å². The molecule has 2 aromatic rings. The molecule has 0 spiro atoms. The highest BCUT2D eigenvalue weighted by Crippen LogP contribution is 2.37. The maximum atomic E-state index is 12.7. The van der Waals surface area contributed by atoms with E-state index in [4.69, 9.17) is 9.47 Å². The van der Waals surface area contributed by atoms with Crippen molar-refractivity contribution in [2.24, 2.45) is 0 Å². The molecule has 2 fully saturated rings. The first kappa shape index (κ1) is 16.1. The summed E-state index contributed by atoms with van der Waals surface area (Å²) >= 11 is 1.53. The van der Waals surface area contributed by atoms with Crippen LogP contribution in [0.25, 0.3) is 10.4 Å². The Morgan fingerprint density at radius 2 is 1.81 bits per heavy atom. The van der Waals surface area contributed by atoms with Gasteiger partial charge in [-0.3, -0.25) is 4.79 Å². The highest BCUT2D eigenvalue weighted by Gasteiger charge is 2.34. The Balaban J connectivity index is 1.29. The fourth-order valence-corrected chi connectivity index (χ4v) is 5.15. The molecule has 1 aromatic heterocycles. The standard InChI is InChI=1S/C20H22N2O3S/c23-20(22-15-10-13-2-3-14(11-15)21-13)19-6-5-18(26-19)12-1-4-16-17(9-12)25-8-7-24-16/h1,4-6,9,13-15,21H,2-3,7-8,10-11H2,(H,22,23). The van der Waals surface area contributed by atoms with Crippen LogP contribution in [0.15, 0.2) is 30.3 Å². The van der Waals surface area contributed by atoms with Gasteiger partial charge in [-0.15, -0.1) is 11.3 Å². The van der Waals surface area contributed by atoms with E-state index in [-0.39, 0.29) is 5.91 Å². The van der Waals surface area contributed by atoms with E-state index in [0.29, 0.717) is 31.3 Å². The summed E-state index contributed by atoms with van der Waals surface area (Å²) in [5, 5.41) is 6.85. The second kappa shape index (κ2) is 6.59. The second-order valence-electron chi connectivity index (χ2n) is 7.30. The number of rotatable bonds is 3. The fourth-order valence-electron chi connectivity index (χ4n) is 4.24. The summed E-state index contributed by atoms with van der Waals surface area (Å²) in [5.41, 5.74) is 1.05. The average molecular weight is 370 g/mol. The summed E-state index contributed by atoms with van der Waals surface area (Å²) in [5.74, 6) is 1.61. The molecule has 136 valence electrons. The summed E-state index contributed by atoms with van der Waals surface area (Å²) in [6.07, 6.45) is 4.57. The highest BCUT2D eigenvalue weighted by molar-refractivity contribution is 7.17. The summed E-state index contributed by atoms with van der Waals surface area (Å²) in [6, 6.07) is 11.3. The lowest BCUT2D eigenvalue weighted by atomic mass is 10.00. The van der Waals surface area contributed by atoms with Crippen molar-refractivity contribution in [1.82, 2.24) is 10.6 Å². The smallest absolute Gasteiger partial charge is 0.261 e. The number of thiophene rings is 1. The van der Waals surface area contributed by atoms with Gasteiger partial charge < -0.3 is 20.1 Å². The molecule has 5 rings (SSSR count). The molecule has 2 unspecified atom stereocenters. The molecule has 2 saturated heterocycles. The van der Waals surface area contributed by atoms with Crippen molar-refractivity contribution in [2.75, 3.05) is 13.2 Å². The molecule has 2 bridgehead atoms. The Bertz CT molecular complexity index is 822. The Morgan fingerprint density at radius 1 is 1.04 bits per heavy atom. The van der Waals surface area contributed by atoms with E-state index in [9.17, 15) is 4.79 Å². The van der Waals surface area contributed by atoms with E-state index in [1.165, 1.54) is 24.2 Å². The number of fused-ring (bicyclic) bond motifs is 3. The minimum Gasteiger partial charge on any atom is -0.486 e. The van der Waals surface area contributed by atoms with Gasteiger partial charge in [0.05, 0.1) is 4.88 Å². The Hall–Kier alpha value is -2.05. The third-order valence-electron chi connectivity index (χ3n) is 5.46. The molecular formula is C20H22N2O3S. The van der Waals surface area contributed by atoms with Crippen molar-refractivity contribution in [3.05, 3.63) is 35.2 Å². The number of piperidine rings is 1. The first-order valence-corrected chi connectivity index (χ1v) is 10.1. The van der Waals surface area contributed by atoms with Crippen molar-refractivity contribution in [1.29, 1.82) is 0 Å². The van der Waals surface area contributed by atoms with Crippen LogP contribution in [0.4, 0.5) is 0 Å². The number of carbonyl (C=O) groups excluding carboxylic acids is 1. The largest absolute Gasteiger partial charge is 0.486 e. The minimum atomic E-state index is 0.0464. The van der Waals surface area contributed by atoms with E-state index in [2.05, 4.69) is 10.6 Å². The molecule has 6 heteroatoms. The van der Waals surface area contributed by atoms with Gasteiger partial charge in [0.2, 0.25) is 0 Å². The number of carbonyl (C=O) groups is 1. The van der Waals surface area contributed by atoms with E-state index in [0.717, 1.165) is 39.7 Å². The average Bonchev–Trinajstić information content (AvgIpc) is 3.28. The predicted octanol–water partition coefficient (Wildman–Crippen LogP) is 3.20. The maximum absolute atomic E-state index is 12.7. The molecule has 2 N–H and O–H groups in total. The van der Waals surface area contributed by atoms with Crippen molar-refractivity contribution < 1.29 is 14.3 Å². The molecule has 4 heterocycles. The van der Waals surface area contributed by atoms with Gasteiger partial charge in [-0.05, 0) is 61.6 Å².